The molecule has 2 aromatic rings. The Morgan fingerprint density at radius 1 is 1.00 bits per heavy atom. The van der Waals surface area contributed by atoms with Gasteiger partial charge in [0.2, 0.25) is 5.91 Å². The molecule has 5 nitrogen and oxygen atoms in total. The Bertz CT molecular complexity index is 735. The molecule has 0 saturated heterocycles. The molecule has 5 heteroatoms. The molecule has 0 atom stereocenters. The predicted octanol–water partition coefficient (Wildman–Crippen LogP) is 3.46. The lowest BCUT2D eigenvalue weighted by Crippen LogP contribution is -2.23. The van der Waals surface area contributed by atoms with E-state index in [0.717, 1.165) is 5.56 Å². The number of hydrogen-bond acceptors (Lipinski definition) is 3. The van der Waals surface area contributed by atoms with Gasteiger partial charge in [-0.25, -0.2) is 0 Å². The van der Waals surface area contributed by atoms with E-state index in [9.17, 15) is 9.59 Å². The number of benzene rings is 2. The van der Waals surface area contributed by atoms with Crippen LogP contribution in [0, 0.1) is 0 Å². The van der Waals surface area contributed by atoms with Crippen molar-refractivity contribution in [1.29, 1.82) is 0 Å². The largest absolute Gasteiger partial charge is 0.484 e. The molecular weight excluding hydrogens is 328 g/mol. The number of ether oxygens (including phenoxy) is 1. The molecule has 0 aliphatic carbocycles. The fraction of sp³-hybridized carbons (Fsp3) is 0.333. The van der Waals surface area contributed by atoms with Crippen LogP contribution in [0.5, 0.6) is 5.75 Å². The van der Waals surface area contributed by atoms with Gasteiger partial charge in [-0.3, -0.25) is 9.59 Å². The van der Waals surface area contributed by atoms with Gasteiger partial charge in [0.05, 0.1) is 6.42 Å². The summed E-state index contributed by atoms with van der Waals surface area (Å²) in [6.45, 7) is 4.21. The molecule has 0 saturated carbocycles. The van der Waals surface area contributed by atoms with Gasteiger partial charge >= 0.3 is 0 Å². The molecule has 138 valence electrons. The average Bonchev–Trinajstić information content (AvgIpc) is 2.62. The van der Waals surface area contributed by atoms with Crippen molar-refractivity contribution in [3.05, 3.63) is 59.7 Å². The van der Waals surface area contributed by atoms with Crippen molar-refractivity contribution < 1.29 is 14.3 Å². The highest BCUT2D eigenvalue weighted by Crippen LogP contribution is 2.18. The Kier molecular flexibility index (Phi) is 6.78. The number of nitrogens with zero attached hydrogens (tertiary/aromatic N) is 1. The lowest BCUT2D eigenvalue weighted by atomic mass is 10.0. The van der Waals surface area contributed by atoms with Crippen molar-refractivity contribution in [1.82, 2.24) is 4.90 Å². The molecule has 0 bridgehead atoms. The maximum atomic E-state index is 12.0. The van der Waals surface area contributed by atoms with Crippen molar-refractivity contribution in [2.24, 2.45) is 0 Å². The second-order valence-electron chi connectivity index (χ2n) is 6.72. The van der Waals surface area contributed by atoms with Crippen LogP contribution in [-0.2, 0) is 16.0 Å². The first-order valence-corrected chi connectivity index (χ1v) is 8.67. The van der Waals surface area contributed by atoms with Crippen LogP contribution in [0.1, 0.15) is 30.9 Å². The molecule has 2 rings (SSSR count). The summed E-state index contributed by atoms with van der Waals surface area (Å²) in [5, 5.41) is 2.79. The van der Waals surface area contributed by atoms with E-state index >= 15 is 0 Å². The summed E-state index contributed by atoms with van der Waals surface area (Å²) in [5.41, 5.74) is 2.81. The van der Waals surface area contributed by atoms with Gasteiger partial charge in [0, 0.05) is 19.8 Å². The van der Waals surface area contributed by atoms with E-state index in [4.69, 9.17) is 4.74 Å². The van der Waals surface area contributed by atoms with Gasteiger partial charge in [-0.15, -0.1) is 0 Å². The Hall–Kier alpha value is -2.82. The third-order valence-corrected chi connectivity index (χ3v) is 4.01. The molecular formula is C21H26N2O3. The van der Waals surface area contributed by atoms with Gasteiger partial charge in [-0.2, -0.15) is 0 Å². The highest BCUT2D eigenvalue weighted by Gasteiger charge is 2.07. The zero-order valence-corrected chi connectivity index (χ0v) is 15.8. The molecule has 0 fully saturated rings. The molecule has 1 N–H and O–H groups in total. The van der Waals surface area contributed by atoms with E-state index in [0.29, 0.717) is 23.8 Å². The van der Waals surface area contributed by atoms with Crippen molar-refractivity contribution >= 4 is 17.5 Å². The summed E-state index contributed by atoms with van der Waals surface area (Å²) in [6.07, 6.45) is 0.344. The van der Waals surface area contributed by atoms with Gasteiger partial charge in [-0.1, -0.05) is 38.1 Å². The van der Waals surface area contributed by atoms with Crippen LogP contribution in [-0.4, -0.2) is 37.4 Å². The predicted molar refractivity (Wildman–Crippen MR) is 103 cm³/mol. The summed E-state index contributed by atoms with van der Waals surface area (Å²) in [4.78, 5) is 25.3. The standard InChI is InChI=1S/C21H26N2O3/c1-15(2)17-7-11-19(12-8-17)26-14-20(24)22-18-9-5-16(6-10-18)13-21(25)23(3)4/h5-12,15H,13-14H2,1-4H3,(H,22,24). The number of nitrogens with one attached hydrogen (secondary N) is 1. The summed E-state index contributed by atoms with van der Waals surface area (Å²) >= 11 is 0. The van der Waals surface area contributed by atoms with Crippen molar-refractivity contribution in [3.8, 4) is 5.75 Å². The molecule has 0 unspecified atom stereocenters. The third kappa shape index (κ3) is 5.92. The van der Waals surface area contributed by atoms with Crippen molar-refractivity contribution in [3.63, 3.8) is 0 Å². The van der Waals surface area contributed by atoms with Crippen LogP contribution in [0.25, 0.3) is 0 Å². The quantitative estimate of drug-likeness (QED) is 0.828. The molecule has 26 heavy (non-hydrogen) atoms. The first-order valence-electron chi connectivity index (χ1n) is 8.67. The highest BCUT2D eigenvalue weighted by atomic mass is 16.5. The topological polar surface area (TPSA) is 58.6 Å². The lowest BCUT2D eigenvalue weighted by molar-refractivity contribution is -0.128. The van der Waals surface area contributed by atoms with Gasteiger partial charge in [0.15, 0.2) is 6.61 Å². The van der Waals surface area contributed by atoms with E-state index < -0.39 is 0 Å². The van der Waals surface area contributed by atoms with Crippen molar-refractivity contribution in [2.75, 3.05) is 26.0 Å². The Morgan fingerprint density at radius 2 is 1.62 bits per heavy atom. The number of amides is 2. The lowest BCUT2D eigenvalue weighted by Gasteiger charge is -2.11. The minimum Gasteiger partial charge on any atom is -0.484 e. The average molecular weight is 354 g/mol. The van der Waals surface area contributed by atoms with Crippen LogP contribution in [0.3, 0.4) is 0 Å². The molecule has 0 radical (unpaired) electrons. The Labute approximate surface area is 155 Å². The van der Waals surface area contributed by atoms with Crippen LogP contribution in [0.4, 0.5) is 5.69 Å². The fourth-order valence-electron chi connectivity index (χ4n) is 2.33. The van der Waals surface area contributed by atoms with Crippen LogP contribution >= 0.6 is 0 Å². The zero-order chi connectivity index (χ0) is 19.1. The second-order valence-corrected chi connectivity index (χ2v) is 6.72. The number of rotatable bonds is 7. The van der Waals surface area contributed by atoms with Gasteiger partial charge < -0.3 is 15.0 Å². The Balaban J connectivity index is 1.82. The number of likely N-dealkylation sites (N-methyl/N-ethyl adjacent to an activating group) is 1. The second kappa shape index (κ2) is 9.04. The number of carbonyl (C=O) groups excluding carboxylic acids is 2. The smallest absolute Gasteiger partial charge is 0.262 e. The molecule has 0 aliphatic heterocycles. The number of anilines is 1. The number of carbonyl (C=O) groups is 2. The summed E-state index contributed by atoms with van der Waals surface area (Å²) in [7, 11) is 3.46. The SMILES string of the molecule is CC(C)c1ccc(OCC(=O)Nc2ccc(CC(=O)N(C)C)cc2)cc1. The first-order chi connectivity index (χ1) is 12.3. The monoisotopic (exact) mass is 354 g/mol. The minimum atomic E-state index is -0.227. The van der Waals surface area contributed by atoms with E-state index in [-0.39, 0.29) is 18.4 Å². The molecule has 0 aliphatic rings. The van der Waals surface area contributed by atoms with Gasteiger partial charge in [0.25, 0.3) is 5.91 Å². The summed E-state index contributed by atoms with van der Waals surface area (Å²) < 4.78 is 5.52. The van der Waals surface area contributed by atoms with Gasteiger partial charge in [0.1, 0.15) is 5.75 Å². The van der Waals surface area contributed by atoms with E-state index in [1.54, 1.807) is 31.1 Å². The zero-order valence-electron chi connectivity index (χ0n) is 15.8. The van der Waals surface area contributed by atoms with Crippen LogP contribution in [0.2, 0.25) is 0 Å². The maximum absolute atomic E-state index is 12.0. The normalized spacial score (nSPS) is 10.5. The Morgan fingerprint density at radius 3 is 2.15 bits per heavy atom. The van der Waals surface area contributed by atoms with E-state index in [2.05, 4.69) is 19.2 Å². The van der Waals surface area contributed by atoms with E-state index in [1.165, 1.54) is 5.56 Å². The van der Waals surface area contributed by atoms with Crippen molar-refractivity contribution in [2.45, 2.75) is 26.2 Å². The molecule has 0 spiro atoms. The van der Waals surface area contributed by atoms with Gasteiger partial charge in [-0.05, 0) is 41.3 Å². The van der Waals surface area contributed by atoms with Crippen LogP contribution < -0.4 is 10.1 Å². The summed E-state index contributed by atoms with van der Waals surface area (Å²) in [5.74, 6) is 0.944. The maximum Gasteiger partial charge on any atom is 0.262 e. The third-order valence-electron chi connectivity index (χ3n) is 4.01. The molecule has 0 aromatic heterocycles. The minimum absolute atomic E-state index is 0.0404. The van der Waals surface area contributed by atoms with Crippen LogP contribution in [0.15, 0.2) is 48.5 Å². The summed E-state index contributed by atoms with van der Waals surface area (Å²) in [6, 6.07) is 15.0. The first kappa shape index (κ1) is 19.5. The molecule has 2 aromatic carbocycles. The molecule has 0 heterocycles. The van der Waals surface area contributed by atoms with E-state index in [1.807, 2.05) is 36.4 Å². The molecule has 2 amide bonds. The highest BCUT2D eigenvalue weighted by molar-refractivity contribution is 5.92. The fourth-order valence-corrected chi connectivity index (χ4v) is 2.33. The number of hydrogen-bond donors (Lipinski definition) is 1.